The maximum atomic E-state index is 5.73. The van der Waals surface area contributed by atoms with E-state index in [9.17, 15) is 0 Å². The van der Waals surface area contributed by atoms with Gasteiger partial charge in [-0.3, -0.25) is 0 Å². The molecular weight excluding hydrogens is 222 g/mol. The fourth-order valence-electron chi connectivity index (χ4n) is 1.78. The topological polar surface area (TPSA) is 41.6 Å². The van der Waals surface area contributed by atoms with Crippen molar-refractivity contribution in [1.29, 1.82) is 0 Å². The molecule has 0 fully saturated rings. The summed E-state index contributed by atoms with van der Waals surface area (Å²) in [6.07, 6.45) is 0. The smallest absolute Gasteiger partial charge is 0.218 e. The largest absolute Gasteiger partial charge is 0.249 e. The molecular formula is C12H8ClN3. The molecule has 0 bridgehead atoms. The van der Waals surface area contributed by atoms with Crippen LogP contribution in [0.3, 0.4) is 0 Å². The normalized spacial score (nSPS) is 10.8. The van der Waals surface area contributed by atoms with Gasteiger partial charge < -0.3 is 0 Å². The third-order valence-corrected chi connectivity index (χ3v) is 2.66. The van der Waals surface area contributed by atoms with Crippen molar-refractivity contribution >= 4 is 22.4 Å². The average molecular weight is 230 g/mol. The highest BCUT2D eigenvalue weighted by molar-refractivity contribution is 6.28. The van der Waals surface area contributed by atoms with Crippen LogP contribution in [-0.4, -0.2) is 15.2 Å². The van der Waals surface area contributed by atoms with Crippen molar-refractivity contribution in [2.45, 2.75) is 0 Å². The number of benzene rings is 2. The number of nitrogens with zero attached hydrogens (tertiary/aromatic N) is 2. The highest BCUT2D eigenvalue weighted by Gasteiger charge is 2.07. The van der Waals surface area contributed by atoms with Crippen molar-refractivity contribution in [3.8, 4) is 11.4 Å². The molecule has 0 spiro atoms. The summed E-state index contributed by atoms with van der Waals surface area (Å²) >= 11 is 5.73. The third kappa shape index (κ3) is 1.46. The average Bonchev–Trinajstić information content (AvgIpc) is 2.75. The number of halogens is 1. The number of fused-ring (bicyclic) bond motifs is 1. The summed E-state index contributed by atoms with van der Waals surface area (Å²) < 4.78 is 0. The van der Waals surface area contributed by atoms with E-state index in [0.29, 0.717) is 11.1 Å². The lowest BCUT2D eigenvalue weighted by Crippen LogP contribution is -1.83. The lowest BCUT2D eigenvalue weighted by atomic mass is 10.0. The molecule has 3 rings (SSSR count). The van der Waals surface area contributed by atoms with Gasteiger partial charge in [0.15, 0.2) is 5.82 Å². The van der Waals surface area contributed by atoms with Gasteiger partial charge in [0.05, 0.1) is 0 Å². The van der Waals surface area contributed by atoms with Crippen molar-refractivity contribution in [1.82, 2.24) is 15.2 Å². The van der Waals surface area contributed by atoms with E-state index < -0.39 is 0 Å². The van der Waals surface area contributed by atoms with Gasteiger partial charge in [-0.05, 0) is 22.4 Å². The van der Waals surface area contributed by atoms with E-state index in [0.717, 1.165) is 10.9 Å². The molecule has 0 saturated heterocycles. The molecule has 0 aliphatic rings. The van der Waals surface area contributed by atoms with Crippen LogP contribution in [0.4, 0.5) is 0 Å². The Kier molecular flexibility index (Phi) is 2.11. The number of H-pyrrole nitrogens is 1. The van der Waals surface area contributed by atoms with Crippen LogP contribution in [0.5, 0.6) is 0 Å². The first-order valence-corrected chi connectivity index (χ1v) is 5.28. The first-order valence-electron chi connectivity index (χ1n) is 4.90. The van der Waals surface area contributed by atoms with Crippen LogP contribution < -0.4 is 0 Å². The van der Waals surface area contributed by atoms with Gasteiger partial charge in [0.2, 0.25) is 5.28 Å². The molecule has 0 saturated carbocycles. The van der Waals surface area contributed by atoms with Crippen LogP contribution in [0.25, 0.3) is 22.2 Å². The Balaban J connectivity index is 2.31. The first-order chi connectivity index (χ1) is 7.84. The molecule has 1 N–H and O–H groups in total. The molecule has 0 amide bonds. The zero-order valence-electron chi connectivity index (χ0n) is 8.31. The van der Waals surface area contributed by atoms with E-state index in [4.69, 9.17) is 11.6 Å². The minimum Gasteiger partial charge on any atom is -0.249 e. The van der Waals surface area contributed by atoms with Crippen LogP contribution >= 0.6 is 11.6 Å². The molecule has 0 radical (unpaired) electrons. The molecule has 3 aromatic rings. The number of hydrogen-bond donors (Lipinski definition) is 1. The van der Waals surface area contributed by atoms with Crippen molar-refractivity contribution in [2.75, 3.05) is 0 Å². The van der Waals surface area contributed by atoms with Crippen molar-refractivity contribution in [2.24, 2.45) is 0 Å². The number of aromatic amines is 1. The maximum absolute atomic E-state index is 5.73. The summed E-state index contributed by atoms with van der Waals surface area (Å²) in [6, 6.07) is 14.2. The zero-order valence-corrected chi connectivity index (χ0v) is 9.07. The Morgan fingerprint density at radius 2 is 1.81 bits per heavy atom. The molecule has 4 heteroatoms. The predicted molar refractivity (Wildman–Crippen MR) is 64.3 cm³/mol. The summed E-state index contributed by atoms with van der Waals surface area (Å²) in [5.74, 6) is 0.627. The molecule has 78 valence electrons. The SMILES string of the molecule is Clc1nc(-c2cccc3ccccc23)n[nH]1. The van der Waals surface area contributed by atoms with Crippen LogP contribution in [0, 0.1) is 0 Å². The van der Waals surface area contributed by atoms with E-state index in [-0.39, 0.29) is 0 Å². The Morgan fingerprint density at radius 3 is 2.62 bits per heavy atom. The second-order valence-electron chi connectivity index (χ2n) is 3.48. The Bertz CT molecular complexity index is 640. The second-order valence-corrected chi connectivity index (χ2v) is 3.83. The zero-order chi connectivity index (χ0) is 11.0. The molecule has 0 unspecified atom stereocenters. The molecule has 1 aromatic heterocycles. The number of rotatable bonds is 1. The van der Waals surface area contributed by atoms with Gasteiger partial charge in [0.1, 0.15) is 0 Å². The van der Waals surface area contributed by atoms with Gasteiger partial charge in [-0.15, -0.1) is 0 Å². The summed E-state index contributed by atoms with van der Waals surface area (Å²) in [4.78, 5) is 4.13. The number of hydrogen-bond acceptors (Lipinski definition) is 2. The molecule has 0 atom stereocenters. The molecule has 0 aliphatic carbocycles. The minimum absolute atomic E-state index is 0.308. The van der Waals surface area contributed by atoms with Gasteiger partial charge in [-0.1, -0.05) is 42.5 Å². The van der Waals surface area contributed by atoms with Gasteiger partial charge in [0, 0.05) is 5.56 Å². The number of nitrogens with one attached hydrogen (secondary N) is 1. The van der Waals surface area contributed by atoms with Crippen molar-refractivity contribution in [3.63, 3.8) is 0 Å². The van der Waals surface area contributed by atoms with E-state index in [1.807, 2.05) is 24.3 Å². The maximum Gasteiger partial charge on any atom is 0.218 e. The molecule has 3 nitrogen and oxygen atoms in total. The Hall–Kier alpha value is -1.87. The van der Waals surface area contributed by atoms with E-state index in [2.05, 4.69) is 33.4 Å². The lowest BCUT2D eigenvalue weighted by molar-refractivity contribution is 1.10. The van der Waals surface area contributed by atoms with Crippen molar-refractivity contribution in [3.05, 3.63) is 47.7 Å². The van der Waals surface area contributed by atoms with E-state index in [1.54, 1.807) is 0 Å². The summed E-state index contributed by atoms with van der Waals surface area (Å²) in [5, 5.41) is 9.31. The van der Waals surface area contributed by atoms with Crippen molar-refractivity contribution < 1.29 is 0 Å². The van der Waals surface area contributed by atoms with Crippen LogP contribution in [-0.2, 0) is 0 Å². The Morgan fingerprint density at radius 1 is 1.00 bits per heavy atom. The highest BCUT2D eigenvalue weighted by Crippen LogP contribution is 2.26. The van der Waals surface area contributed by atoms with Crippen LogP contribution in [0.2, 0.25) is 5.28 Å². The van der Waals surface area contributed by atoms with E-state index in [1.165, 1.54) is 5.39 Å². The van der Waals surface area contributed by atoms with Gasteiger partial charge >= 0.3 is 0 Å². The van der Waals surface area contributed by atoms with Gasteiger partial charge in [-0.2, -0.15) is 10.1 Å². The highest BCUT2D eigenvalue weighted by atomic mass is 35.5. The fourth-order valence-corrected chi connectivity index (χ4v) is 1.91. The number of aromatic nitrogens is 3. The van der Waals surface area contributed by atoms with E-state index >= 15 is 0 Å². The van der Waals surface area contributed by atoms with Gasteiger partial charge in [-0.25, -0.2) is 5.10 Å². The third-order valence-electron chi connectivity index (χ3n) is 2.49. The standard InChI is InChI=1S/C12H8ClN3/c13-12-14-11(15-16-12)10-7-3-5-8-4-1-2-6-9(8)10/h1-7H,(H,14,15,16). The summed E-state index contributed by atoms with van der Waals surface area (Å²) in [7, 11) is 0. The first kappa shape index (κ1) is 9.36. The Labute approximate surface area is 97.1 Å². The quantitative estimate of drug-likeness (QED) is 0.696. The predicted octanol–water partition coefficient (Wildman–Crippen LogP) is 3.28. The summed E-state index contributed by atoms with van der Waals surface area (Å²) in [5.41, 5.74) is 0.987. The molecule has 2 aromatic carbocycles. The molecule has 0 aliphatic heterocycles. The molecule has 1 heterocycles. The minimum atomic E-state index is 0.308. The monoisotopic (exact) mass is 229 g/mol. The lowest BCUT2D eigenvalue weighted by Gasteiger charge is -2.01. The fraction of sp³-hybridized carbons (Fsp3) is 0. The van der Waals surface area contributed by atoms with Gasteiger partial charge in [0.25, 0.3) is 0 Å². The second kappa shape index (κ2) is 3.61. The van der Waals surface area contributed by atoms with Crippen LogP contribution in [0.15, 0.2) is 42.5 Å². The molecule has 16 heavy (non-hydrogen) atoms. The van der Waals surface area contributed by atoms with Crippen LogP contribution in [0.1, 0.15) is 0 Å². The summed E-state index contributed by atoms with van der Waals surface area (Å²) in [6.45, 7) is 0.